The summed E-state index contributed by atoms with van der Waals surface area (Å²) < 4.78 is 19.1. The van der Waals surface area contributed by atoms with Crippen LogP contribution in [0.15, 0.2) is 42.5 Å². The maximum Gasteiger partial charge on any atom is 0.226 e. The van der Waals surface area contributed by atoms with Gasteiger partial charge in [0, 0.05) is 62.6 Å². The first-order valence-electron chi connectivity index (χ1n) is 11.9. The molecular formula is C26H35FN4O2. The predicted octanol–water partition coefficient (Wildman–Crippen LogP) is 3.27. The van der Waals surface area contributed by atoms with Gasteiger partial charge in [-0.1, -0.05) is 18.2 Å². The monoisotopic (exact) mass is 454 g/mol. The summed E-state index contributed by atoms with van der Waals surface area (Å²) in [6, 6.07) is 13.5. The van der Waals surface area contributed by atoms with E-state index in [4.69, 9.17) is 4.74 Å². The van der Waals surface area contributed by atoms with Crippen LogP contribution in [0.4, 0.5) is 10.1 Å². The van der Waals surface area contributed by atoms with Crippen molar-refractivity contribution in [3.63, 3.8) is 0 Å². The highest BCUT2D eigenvalue weighted by Crippen LogP contribution is 2.24. The van der Waals surface area contributed by atoms with Gasteiger partial charge in [0.1, 0.15) is 11.6 Å². The molecule has 0 unspecified atom stereocenters. The summed E-state index contributed by atoms with van der Waals surface area (Å²) in [5, 5.41) is 6.86. The van der Waals surface area contributed by atoms with Gasteiger partial charge in [-0.2, -0.15) is 0 Å². The van der Waals surface area contributed by atoms with Crippen molar-refractivity contribution in [2.24, 2.45) is 0 Å². The summed E-state index contributed by atoms with van der Waals surface area (Å²) in [6.45, 7) is 7.54. The number of carbonyl (C=O) groups excluding carboxylic acids is 1. The molecule has 2 saturated heterocycles. The number of amides is 1. The summed E-state index contributed by atoms with van der Waals surface area (Å²) in [5.74, 6) is 0.756. The van der Waals surface area contributed by atoms with Gasteiger partial charge in [-0.25, -0.2) is 4.39 Å². The van der Waals surface area contributed by atoms with Gasteiger partial charge in [0.15, 0.2) is 0 Å². The Bertz CT molecular complexity index is 946. The molecule has 0 spiro atoms. The molecule has 1 amide bonds. The fourth-order valence-corrected chi connectivity index (χ4v) is 4.80. The lowest BCUT2D eigenvalue weighted by Gasteiger charge is -2.33. The molecular weight excluding hydrogens is 419 g/mol. The van der Waals surface area contributed by atoms with Gasteiger partial charge in [0.25, 0.3) is 0 Å². The van der Waals surface area contributed by atoms with E-state index >= 15 is 0 Å². The molecule has 33 heavy (non-hydrogen) atoms. The molecule has 7 heteroatoms. The van der Waals surface area contributed by atoms with Crippen LogP contribution < -0.4 is 15.4 Å². The minimum atomic E-state index is -0.239. The molecule has 178 valence electrons. The zero-order valence-electron chi connectivity index (χ0n) is 19.6. The molecule has 6 nitrogen and oxygen atoms in total. The van der Waals surface area contributed by atoms with E-state index < -0.39 is 0 Å². The number of halogens is 1. The molecule has 2 aromatic rings. The van der Waals surface area contributed by atoms with Crippen molar-refractivity contribution in [3.05, 3.63) is 59.4 Å². The number of anilines is 1. The van der Waals surface area contributed by atoms with Crippen LogP contribution in [0, 0.1) is 5.82 Å². The Hall–Kier alpha value is -2.64. The molecule has 0 bridgehead atoms. The number of benzene rings is 2. The molecule has 1 atom stereocenters. The topological polar surface area (TPSA) is 56.8 Å². The van der Waals surface area contributed by atoms with Gasteiger partial charge in [-0.05, 0) is 49.6 Å². The molecule has 0 aliphatic carbocycles. The number of nitrogens with one attached hydrogen (secondary N) is 2. The van der Waals surface area contributed by atoms with Crippen molar-refractivity contribution in [1.29, 1.82) is 0 Å². The average molecular weight is 455 g/mol. The van der Waals surface area contributed by atoms with Gasteiger partial charge in [-0.15, -0.1) is 0 Å². The van der Waals surface area contributed by atoms with Gasteiger partial charge < -0.3 is 20.3 Å². The quantitative estimate of drug-likeness (QED) is 0.673. The molecule has 2 fully saturated rings. The Morgan fingerprint density at radius 2 is 2.00 bits per heavy atom. The Morgan fingerprint density at radius 3 is 2.73 bits per heavy atom. The lowest BCUT2D eigenvalue weighted by molar-refractivity contribution is -0.131. The van der Waals surface area contributed by atoms with Crippen LogP contribution in [0.3, 0.4) is 0 Å². The summed E-state index contributed by atoms with van der Waals surface area (Å²) in [7, 11) is 1.70. The molecule has 2 aliphatic heterocycles. The number of nitrogens with zero attached hydrogens (tertiary/aromatic N) is 2. The van der Waals surface area contributed by atoms with E-state index in [2.05, 4.69) is 34.6 Å². The Balaban J connectivity index is 1.29. The number of rotatable bonds is 7. The molecule has 0 aromatic heterocycles. The van der Waals surface area contributed by atoms with Crippen molar-refractivity contribution in [2.75, 3.05) is 45.2 Å². The van der Waals surface area contributed by atoms with Crippen LogP contribution >= 0.6 is 0 Å². The number of methoxy groups -OCH3 is 1. The third-order valence-electron chi connectivity index (χ3n) is 6.60. The first kappa shape index (κ1) is 23.5. The number of piperidine rings is 1. The normalized spacial score (nSPS) is 20.0. The van der Waals surface area contributed by atoms with Gasteiger partial charge in [0.2, 0.25) is 5.91 Å². The van der Waals surface area contributed by atoms with Gasteiger partial charge in [0.05, 0.1) is 13.5 Å². The molecule has 2 N–H and O–H groups in total. The Kier molecular flexibility index (Phi) is 7.83. The molecule has 4 rings (SSSR count). The highest BCUT2D eigenvalue weighted by atomic mass is 19.1. The molecule has 2 heterocycles. The largest absolute Gasteiger partial charge is 0.496 e. The third kappa shape index (κ3) is 6.45. The van der Waals surface area contributed by atoms with E-state index in [1.165, 1.54) is 12.1 Å². The maximum atomic E-state index is 13.4. The van der Waals surface area contributed by atoms with E-state index in [1.54, 1.807) is 13.2 Å². The van der Waals surface area contributed by atoms with E-state index in [9.17, 15) is 9.18 Å². The van der Waals surface area contributed by atoms with E-state index in [0.29, 0.717) is 25.6 Å². The number of likely N-dealkylation sites (tertiary alicyclic amines) is 1. The highest BCUT2D eigenvalue weighted by molar-refractivity contribution is 5.79. The second-order valence-corrected chi connectivity index (χ2v) is 9.22. The fraction of sp³-hybridized carbons (Fsp3) is 0.500. The van der Waals surface area contributed by atoms with Gasteiger partial charge in [-0.3, -0.25) is 9.69 Å². The smallest absolute Gasteiger partial charge is 0.226 e. The minimum Gasteiger partial charge on any atom is -0.496 e. The van der Waals surface area contributed by atoms with Crippen LogP contribution in [0.5, 0.6) is 5.75 Å². The standard InChI is InChI=1S/C26H35FN4O2/c1-19-17-30(13-10-28-19)18-21-7-6-20(14-25(21)33-2)15-26(32)31-11-8-23(9-12-31)29-24-5-3-4-22(27)16-24/h3-7,14,16,19,23,28-29H,8-13,15,17-18H2,1-2H3/t19-/m0/s1. The van der Waals surface area contributed by atoms with Crippen molar-refractivity contribution in [3.8, 4) is 5.75 Å². The lowest BCUT2D eigenvalue weighted by Crippen LogP contribution is -2.48. The predicted molar refractivity (Wildman–Crippen MR) is 129 cm³/mol. The summed E-state index contributed by atoms with van der Waals surface area (Å²) in [5.41, 5.74) is 2.93. The van der Waals surface area contributed by atoms with Crippen molar-refractivity contribution < 1.29 is 13.9 Å². The van der Waals surface area contributed by atoms with Crippen molar-refractivity contribution in [1.82, 2.24) is 15.1 Å². The van der Waals surface area contributed by atoms with Crippen LogP contribution in [-0.2, 0) is 17.8 Å². The number of hydrogen-bond acceptors (Lipinski definition) is 5. The highest BCUT2D eigenvalue weighted by Gasteiger charge is 2.23. The molecule has 0 radical (unpaired) electrons. The zero-order valence-corrected chi connectivity index (χ0v) is 19.6. The second kappa shape index (κ2) is 11.0. The summed E-state index contributed by atoms with van der Waals surface area (Å²) >= 11 is 0. The van der Waals surface area contributed by atoms with E-state index in [1.807, 2.05) is 17.0 Å². The van der Waals surface area contributed by atoms with E-state index in [0.717, 1.165) is 61.6 Å². The van der Waals surface area contributed by atoms with Crippen LogP contribution in [0.2, 0.25) is 0 Å². The molecule has 2 aromatic carbocycles. The lowest BCUT2D eigenvalue weighted by atomic mass is 10.0. The van der Waals surface area contributed by atoms with Gasteiger partial charge >= 0.3 is 0 Å². The fourth-order valence-electron chi connectivity index (χ4n) is 4.80. The Labute approximate surface area is 196 Å². The Morgan fingerprint density at radius 1 is 1.18 bits per heavy atom. The first-order chi connectivity index (χ1) is 16.0. The second-order valence-electron chi connectivity index (χ2n) is 9.22. The SMILES string of the molecule is COc1cc(CC(=O)N2CCC(Nc3cccc(F)c3)CC2)ccc1CN1CCN[C@@H](C)C1. The number of carbonyl (C=O) groups is 1. The first-order valence-corrected chi connectivity index (χ1v) is 11.9. The van der Waals surface area contributed by atoms with Crippen molar-refractivity contribution >= 4 is 11.6 Å². The van der Waals surface area contributed by atoms with Crippen LogP contribution in [-0.4, -0.2) is 67.6 Å². The molecule has 2 aliphatic rings. The third-order valence-corrected chi connectivity index (χ3v) is 6.60. The van der Waals surface area contributed by atoms with E-state index in [-0.39, 0.29) is 17.8 Å². The maximum absolute atomic E-state index is 13.4. The zero-order chi connectivity index (χ0) is 23.2. The minimum absolute atomic E-state index is 0.143. The number of piperazine rings is 1. The average Bonchev–Trinajstić information content (AvgIpc) is 2.80. The summed E-state index contributed by atoms with van der Waals surface area (Å²) in [4.78, 5) is 17.3. The number of ether oxygens (including phenoxy) is 1. The van der Waals surface area contributed by atoms with Crippen LogP contribution in [0.25, 0.3) is 0 Å². The summed E-state index contributed by atoms with van der Waals surface area (Å²) in [6.07, 6.45) is 2.09. The number of hydrogen-bond donors (Lipinski definition) is 2. The van der Waals surface area contributed by atoms with Crippen LogP contribution in [0.1, 0.15) is 30.9 Å². The molecule has 0 saturated carbocycles. The van der Waals surface area contributed by atoms with Crippen molar-refractivity contribution in [2.45, 2.75) is 44.8 Å².